The van der Waals surface area contributed by atoms with E-state index in [2.05, 4.69) is 19.2 Å². The van der Waals surface area contributed by atoms with Crippen LogP contribution >= 0.6 is 0 Å². The van der Waals surface area contributed by atoms with Crippen LogP contribution in [0.1, 0.15) is 104 Å². The molecule has 0 aliphatic rings. The summed E-state index contributed by atoms with van der Waals surface area (Å²) in [5.74, 6) is -0.430. The van der Waals surface area contributed by atoms with E-state index in [9.17, 15) is 19.8 Å². The predicted octanol–water partition coefficient (Wildman–Crippen LogP) is 6.23. The molecule has 0 aliphatic carbocycles. The van der Waals surface area contributed by atoms with Crippen molar-refractivity contribution in [1.82, 2.24) is 9.88 Å². The maximum absolute atomic E-state index is 12.6. The summed E-state index contributed by atoms with van der Waals surface area (Å²) in [6.07, 6.45) is 13.2. The zero-order valence-electron chi connectivity index (χ0n) is 38.3. The van der Waals surface area contributed by atoms with Crippen molar-refractivity contribution >= 4 is 11.9 Å². The SMILES string of the molecule is CCCCCCCOCCOCCOCCOCCOCC(COCCOCCOCCOCCOCCCCCCC)OC(=O)NCCCCCC(=O)Cn1c(O)ccc1O. The summed E-state index contributed by atoms with van der Waals surface area (Å²) in [7, 11) is 0. The Kier molecular flexibility index (Phi) is 41.7. The average Bonchev–Trinajstić information content (AvgIpc) is 3.58. The molecule has 0 atom stereocenters. The summed E-state index contributed by atoms with van der Waals surface area (Å²) in [5.41, 5.74) is 0. The summed E-state index contributed by atoms with van der Waals surface area (Å²) in [6.45, 7) is 13.8. The Bertz CT molecular complexity index is 1070. The number of ether oxygens (including phenoxy) is 11. The van der Waals surface area contributed by atoms with Gasteiger partial charge in [0.2, 0.25) is 0 Å². The van der Waals surface area contributed by atoms with E-state index in [4.69, 9.17) is 52.1 Å². The Balaban J connectivity index is 2.17. The van der Waals surface area contributed by atoms with E-state index in [1.165, 1.54) is 63.5 Å². The number of carbonyl (C=O) groups excluding carboxylic acids is 2. The molecule has 0 radical (unpaired) electrons. The molecule has 0 bridgehead atoms. The van der Waals surface area contributed by atoms with Gasteiger partial charge in [-0.05, 0) is 25.7 Å². The van der Waals surface area contributed by atoms with Crippen molar-refractivity contribution in [3.05, 3.63) is 12.1 Å². The van der Waals surface area contributed by atoms with Gasteiger partial charge >= 0.3 is 6.09 Å². The molecule has 1 amide bonds. The monoisotopic (exact) mass is 893 g/mol. The number of hydrogen-bond donors (Lipinski definition) is 3. The Hall–Kier alpha value is -2.58. The largest absolute Gasteiger partial charge is 0.494 e. The highest BCUT2D eigenvalue weighted by molar-refractivity contribution is 5.78. The number of nitrogens with one attached hydrogen (secondary N) is 1. The zero-order valence-corrected chi connectivity index (χ0v) is 38.3. The molecule has 0 saturated heterocycles. The molecule has 364 valence electrons. The van der Waals surface area contributed by atoms with Crippen molar-refractivity contribution in [1.29, 1.82) is 0 Å². The van der Waals surface area contributed by atoms with Gasteiger partial charge in [-0.2, -0.15) is 0 Å². The maximum atomic E-state index is 12.6. The molecule has 0 aliphatic heterocycles. The Morgan fingerprint density at radius 2 is 0.839 bits per heavy atom. The number of amides is 1. The van der Waals surface area contributed by atoms with Gasteiger partial charge in [0.15, 0.2) is 23.6 Å². The third-order valence-electron chi connectivity index (χ3n) is 9.31. The number of hydrogen-bond acceptors (Lipinski definition) is 15. The molecule has 0 saturated carbocycles. The molecule has 17 heteroatoms. The van der Waals surface area contributed by atoms with Gasteiger partial charge in [0.1, 0.15) is 0 Å². The summed E-state index contributed by atoms with van der Waals surface area (Å²) in [6, 6.07) is 2.66. The normalized spacial score (nSPS) is 11.5. The quantitative estimate of drug-likeness (QED) is 0.0623. The standard InChI is InChI=1S/C45H84N2O15/c1-3-5-7-9-14-20-52-22-24-54-26-28-56-30-32-58-34-36-60-39-42(62-45(51)46-19-13-11-12-16-41(48)38-47-43(49)17-18-44(47)50)40-61-37-35-59-33-31-57-29-27-55-25-23-53-21-15-10-8-6-4-2/h17-18,42,49-50H,3-16,19-40H2,1-2H3,(H,46,51). The van der Waals surface area contributed by atoms with E-state index in [1.807, 2.05) is 0 Å². The molecule has 1 aromatic heterocycles. The number of nitrogens with zero attached hydrogens (tertiary/aromatic N) is 1. The van der Waals surface area contributed by atoms with Crippen LogP contribution < -0.4 is 5.32 Å². The lowest BCUT2D eigenvalue weighted by molar-refractivity contribution is -0.119. The highest BCUT2D eigenvalue weighted by Crippen LogP contribution is 2.21. The molecule has 62 heavy (non-hydrogen) atoms. The average molecular weight is 893 g/mol. The molecule has 1 rings (SSSR count). The molecule has 0 unspecified atom stereocenters. The smallest absolute Gasteiger partial charge is 0.407 e. The van der Waals surface area contributed by atoms with Crippen LogP contribution in [0.25, 0.3) is 0 Å². The minimum Gasteiger partial charge on any atom is -0.494 e. The molecule has 1 heterocycles. The maximum Gasteiger partial charge on any atom is 0.407 e. The van der Waals surface area contributed by atoms with Crippen LogP contribution in [0.4, 0.5) is 4.79 Å². The minimum atomic E-state index is -0.659. The van der Waals surface area contributed by atoms with Crippen molar-refractivity contribution in [3.8, 4) is 11.8 Å². The van der Waals surface area contributed by atoms with E-state index >= 15 is 0 Å². The zero-order chi connectivity index (χ0) is 44.8. The summed E-state index contributed by atoms with van der Waals surface area (Å²) in [5, 5.41) is 22.2. The summed E-state index contributed by atoms with van der Waals surface area (Å²) >= 11 is 0. The first-order chi connectivity index (χ1) is 30.5. The molecule has 17 nitrogen and oxygen atoms in total. The number of aromatic hydroxyl groups is 2. The number of aromatic nitrogens is 1. The fourth-order valence-electron chi connectivity index (χ4n) is 5.79. The van der Waals surface area contributed by atoms with Crippen molar-refractivity contribution in [2.75, 3.05) is 139 Å². The van der Waals surface area contributed by atoms with Gasteiger partial charge < -0.3 is 67.6 Å². The third-order valence-corrected chi connectivity index (χ3v) is 9.31. The first kappa shape index (κ1) is 57.4. The van der Waals surface area contributed by atoms with Crippen molar-refractivity contribution < 1.29 is 71.9 Å². The summed E-state index contributed by atoms with van der Waals surface area (Å²) in [4.78, 5) is 24.8. The van der Waals surface area contributed by atoms with Crippen LogP contribution in [0.2, 0.25) is 0 Å². The topological polar surface area (TPSA) is 193 Å². The number of unbranched alkanes of at least 4 members (excludes halogenated alkanes) is 10. The van der Waals surface area contributed by atoms with Gasteiger partial charge in [-0.1, -0.05) is 71.6 Å². The number of carbonyl (C=O) groups is 2. The van der Waals surface area contributed by atoms with Crippen LogP contribution in [-0.2, 0) is 63.4 Å². The van der Waals surface area contributed by atoms with Crippen LogP contribution in [0.15, 0.2) is 12.1 Å². The third kappa shape index (κ3) is 37.9. The number of ketones is 1. The molecular formula is C45H84N2O15. The minimum absolute atomic E-state index is 0.0971. The lowest BCUT2D eigenvalue weighted by Gasteiger charge is -2.19. The fraction of sp³-hybridized carbons (Fsp3) is 0.867. The van der Waals surface area contributed by atoms with Crippen LogP contribution in [0.5, 0.6) is 11.8 Å². The van der Waals surface area contributed by atoms with E-state index < -0.39 is 12.2 Å². The van der Waals surface area contributed by atoms with E-state index in [0.29, 0.717) is 138 Å². The first-order valence-electron chi connectivity index (χ1n) is 23.3. The lowest BCUT2D eigenvalue weighted by atomic mass is 10.1. The second-order valence-electron chi connectivity index (χ2n) is 14.8. The number of Topliss-reactive ketones (excluding diaryl/α,β-unsaturated/α-hetero) is 1. The van der Waals surface area contributed by atoms with E-state index in [-0.39, 0.29) is 37.3 Å². The van der Waals surface area contributed by atoms with Crippen LogP contribution in [0, 0.1) is 0 Å². The van der Waals surface area contributed by atoms with Gasteiger partial charge in [0, 0.05) is 38.3 Å². The van der Waals surface area contributed by atoms with Crippen LogP contribution in [0.3, 0.4) is 0 Å². The van der Waals surface area contributed by atoms with Crippen molar-refractivity contribution in [3.63, 3.8) is 0 Å². The molecule has 0 aromatic carbocycles. The van der Waals surface area contributed by atoms with Crippen LogP contribution in [-0.4, -0.2) is 171 Å². The van der Waals surface area contributed by atoms with E-state index in [1.54, 1.807) is 0 Å². The van der Waals surface area contributed by atoms with Gasteiger partial charge in [-0.15, -0.1) is 0 Å². The fourth-order valence-corrected chi connectivity index (χ4v) is 5.79. The summed E-state index contributed by atoms with van der Waals surface area (Å²) < 4.78 is 62.8. The van der Waals surface area contributed by atoms with Gasteiger partial charge in [0.05, 0.1) is 125 Å². The van der Waals surface area contributed by atoms with E-state index in [0.717, 1.165) is 30.6 Å². The Morgan fingerprint density at radius 3 is 1.24 bits per heavy atom. The number of rotatable bonds is 49. The van der Waals surface area contributed by atoms with Gasteiger partial charge in [-0.3, -0.25) is 9.36 Å². The predicted molar refractivity (Wildman–Crippen MR) is 235 cm³/mol. The van der Waals surface area contributed by atoms with Gasteiger partial charge in [0.25, 0.3) is 0 Å². The first-order valence-corrected chi connectivity index (χ1v) is 23.3. The van der Waals surface area contributed by atoms with Gasteiger partial charge in [-0.25, -0.2) is 4.79 Å². The Morgan fingerprint density at radius 1 is 0.484 bits per heavy atom. The molecule has 0 fully saturated rings. The molecule has 3 N–H and O–H groups in total. The number of alkyl carbamates (subject to hydrolysis) is 1. The molecular weight excluding hydrogens is 808 g/mol. The highest BCUT2D eigenvalue weighted by atomic mass is 16.6. The highest BCUT2D eigenvalue weighted by Gasteiger charge is 2.16. The molecule has 0 spiro atoms. The van der Waals surface area contributed by atoms with Crippen molar-refractivity contribution in [2.45, 2.75) is 116 Å². The van der Waals surface area contributed by atoms with Crippen molar-refractivity contribution in [2.24, 2.45) is 0 Å². The lowest BCUT2D eigenvalue weighted by Crippen LogP contribution is -2.35. The second-order valence-corrected chi connectivity index (χ2v) is 14.8. The Labute approximate surface area is 372 Å². The second kappa shape index (κ2) is 45.0. The molecule has 1 aromatic rings.